The van der Waals surface area contributed by atoms with Gasteiger partial charge in [0.2, 0.25) is 16.0 Å². The van der Waals surface area contributed by atoms with Crippen LogP contribution in [-0.4, -0.2) is 57.3 Å². The molecule has 3 N–H and O–H groups in total. The molecule has 0 aromatic carbocycles. The van der Waals surface area contributed by atoms with E-state index >= 15 is 0 Å². The topological polar surface area (TPSA) is 170 Å². The number of ether oxygens (including phenoxy) is 3. The lowest BCUT2D eigenvalue weighted by molar-refractivity contribution is 0.0199. The zero-order chi connectivity index (χ0) is 26.6. The summed E-state index contributed by atoms with van der Waals surface area (Å²) in [5.41, 5.74) is 5.63. The molecule has 0 aliphatic heterocycles. The van der Waals surface area contributed by atoms with Gasteiger partial charge in [0.25, 0.3) is 5.91 Å². The third kappa shape index (κ3) is 5.21. The third-order valence-corrected chi connectivity index (χ3v) is 6.88. The van der Waals surface area contributed by atoms with Crippen LogP contribution in [0.2, 0.25) is 0 Å². The summed E-state index contributed by atoms with van der Waals surface area (Å²) in [7, 11) is 3.15. The number of hydrogen-bond acceptors (Lipinski definition) is 12. The van der Waals surface area contributed by atoms with Crippen LogP contribution in [0.4, 0.5) is 10.9 Å². The summed E-state index contributed by atoms with van der Waals surface area (Å²) < 4.78 is 23.9. The second-order valence-electron chi connectivity index (χ2n) is 8.47. The van der Waals surface area contributed by atoms with Gasteiger partial charge in [-0.1, -0.05) is 11.3 Å². The molecule has 2 atom stereocenters. The van der Waals surface area contributed by atoms with Crippen LogP contribution in [0.3, 0.4) is 0 Å². The Labute approximate surface area is 220 Å². The van der Waals surface area contributed by atoms with Crippen LogP contribution >= 0.6 is 11.3 Å². The highest BCUT2D eigenvalue weighted by Gasteiger charge is 2.28. The van der Waals surface area contributed by atoms with Crippen LogP contribution in [0.15, 0.2) is 45.9 Å². The average Bonchev–Trinajstić information content (AvgIpc) is 3.58. The molecule has 0 saturated heterocycles. The molecular weight excluding hydrogens is 514 g/mol. The second-order valence-corrected chi connectivity index (χ2v) is 9.43. The fraction of sp³-hybridized carbons (Fsp3) is 0.333. The van der Waals surface area contributed by atoms with Crippen molar-refractivity contribution >= 4 is 28.2 Å². The van der Waals surface area contributed by atoms with Gasteiger partial charge in [-0.2, -0.15) is 9.78 Å². The molecule has 5 rings (SSSR count). The van der Waals surface area contributed by atoms with Crippen molar-refractivity contribution in [1.82, 2.24) is 25.0 Å². The molecule has 14 heteroatoms. The molecule has 1 saturated carbocycles. The average molecular weight is 540 g/mol. The predicted octanol–water partition coefficient (Wildman–Crippen LogP) is 2.92. The SMILES string of the molecule is COc1cccnc1-c1cc(C(=O)Nc2nnc(-n3nccc3N)s2)oc(=O)c1O[C@@H]1CCC[C@@H](OC)C1. The van der Waals surface area contributed by atoms with E-state index in [2.05, 4.69) is 25.6 Å². The van der Waals surface area contributed by atoms with E-state index in [1.54, 1.807) is 31.5 Å². The standard InChI is InChI=1S/C24H25N7O6S/c1-34-13-5-3-6-14(11-13)36-20-15(19-16(35-2)7-4-9-26-19)12-17(37-22(20)33)21(32)28-23-29-30-24(38-23)31-18(25)8-10-27-31/h4,7-10,12-14H,3,5-6,11,25H2,1-2H3,(H,28,29,32)/t13-,14-/m1/s1. The van der Waals surface area contributed by atoms with Gasteiger partial charge in [-0.05, 0) is 31.4 Å². The van der Waals surface area contributed by atoms with Crippen molar-refractivity contribution in [3.05, 3.63) is 52.8 Å². The number of carbonyl (C=O) groups is 1. The van der Waals surface area contributed by atoms with E-state index in [0.717, 1.165) is 30.6 Å². The zero-order valence-electron chi connectivity index (χ0n) is 20.6. The number of nitrogens with two attached hydrogens (primary N) is 1. The van der Waals surface area contributed by atoms with Gasteiger partial charge in [-0.15, -0.1) is 10.2 Å². The third-order valence-electron chi connectivity index (χ3n) is 6.06. The first-order valence-corrected chi connectivity index (χ1v) is 12.6. The number of amides is 1. The second kappa shape index (κ2) is 11.0. The van der Waals surface area contributed by atoms with Crippen molar-refractivity contribution in [3.8, 4) is 27.9 Å². The molecule has 4 aromatic heterocycles. The minimum absolute atomic E-state index is 0.0348. The quantitative estimate of drug-likeness (QED) is 0.337. The zero-order valence-corrected chi connectivity index (χ0v) is 21.4. The minimum Gasteiger partial charge on any atom is -0.494 e. The highest BCUT2D eigenvalue weighted by molar-refractivity contribution is 7.17. The molecule has 13 nitrogen and oxygen atoms in total. The van der Waals surface area contributed by atoms with Crippen molar-refractivity contribution in [2.75, 3.05) is 25.3 Å². The van der Waals surface area contributed by atoms with Gasteiger partial charge in [0.1, 0.15) is 23.4 Å². The largest absolute Gasteiger partial charge is 0.494 e. The molecule has 0 radical (unpaired) electrons. The van der Waals surface area contributed by atoms with Gasteiger partial charge >= 0.3 is 5.63 Å². The van der Waals surface area contributed by atoms with Crippen LogP contribution in [0.1, 0.15) is 36.2 Å². The Morgan fingerprint density at radius 2 is 2.05 bits per heavy atom. The first kappa shape index (κ1) is 25.4. The molecule has 4 aromatic rings. The Morgan fingerprint density at radius 3 is 2.82 bits per heavy atom. The number of aromatic nitrogens is 5. The number of methoxy groups -OCH3 is 2. The highest BCUT2D eigenvalue weighted by Crippen LogP contribution is 2.35. The molecule has 1 amide bonds. The predicted molar refractivity (Wildman–Crippen MR) is 138 cm³/mol. The Hall–Kier alpha value is -4.30. The Bertz CT molecular complexity index is 1500. The molecule has 38 heavy (non-hydrogen) atoms. The molecule has 0 spiro atoms. The van der Waals surface area contributed by atoms with E-state index in [4.69, 9.17) is 24.4 Å². The monoisotopic (exact) mass is 539 g/mol. The summed E-state index contributed by atoms with van der Waals surface area (Å²) in [5.74, 6) is -0.257. The van der Waals surface area contributed by atoms with Gasteiger partial charge in [-0.3, -0.25) is 15.1 Å². The van der Waals surface area contributed by atoms with Crippen LogP contribution in [-0.2, 0) is 4.74 Å². The summed E-state index contributed by atoms with van der Waals surface area (Å²) in [6.45, 7) is 0. The lowest BCUT2D eigenvalue weighted by atomic mass is 9.95. The number of anilines is 2. The number of nitrogens with one attached hydrogen (secondary N) is 1. The molecule has 4 heterocycles. The van der Waals surface area contributed by atoms with Gasteiger partial charge in [0, 0.05) is 31.9 Å². The van der Waals surface area contributed by atoms with E-state index in [-0.39, 0.29) is 34.4 Å². The van der Waals surface area contributed by atoms with Gasteiger partial charge in [0.05, 0.1) is 25.0 Å². The summed E-state index contributed by atoms with van der Waals surface area (Å²) in [5, 5.41) is 15.1. The molecule has 1 aliphatic carbocycles. The number of nitrogen functional groups attached to an aromatic ring is 1. The van der Waals surface area contributed by atoms with E-state index in [1.165, 1.54) is 24.1 Å². The maximum absolute atomic E-state index is 13.2. The van der Waals surface area contributed by atoms with E-state index in [1.807, 2.05) is 0 Å². The van der Waals surface area contributed by atoms with Crippen molar-refractivity contribution in [3.63, 3.8) is 0 Å². The van der Waals surface area contributed by atoms with Crippen LogP contribution < -0.4 is 26.1 Å². The van der Waals surface area contributed by atoms with Gasteiger partial charge in [-0.25, -0.2) is 4.79 Å². The number of rotatable bonds is 8. The van der Waals surface area contributed by atoms with Crippen molar-refractivity contribution < 1.29 is 23.4 Å². The normalized spacial score (nSPS) is 17.2. The first-order valence-electron chi connectivity index (χ1n) is 11.8. The Morgan fingerprint density at radius 1 is 1.21 bits per heavy atom. The Kier molecular flexibility index (Phi) is 7.33. The number of hydrogen-bond donors (Lipinski definition) is 2. The summed E-state index contributed by atoms with van der Waals surface area (Å²) in [6, 6.07) is 6.41. The number of nitrogens with zero attached hydrogens (tertiary/aromatic N) is 5. The van der Waals surface area contributed by atoms with Crippen LogP contribution in [0.25, 0.3) is 16.4 Å². The van der Waals surface area contributed by atoms with E-state index in [0.29, 0.717) is 28.8 Å². The number of carbonyl (C=O) groups excluding carboxylic acids is 1. The van der Waals surface area contributed by atoms with Crippen LogP contribution in [0.5, 0.6) is 11.5 Å². The molecule has 0 unspecified atom stereocenters. The van der Waals surface area contributed by atoms with Gasteiger partial charge in [0.15, 0.2) is 5.76 Å². The summed E-state index contributed by atoms with van der Waals surface area (Å²) in [4.78, 5) is 30.7. The molecule has 1 aliphatic rings. The Balaban J connectivity index is 1.48. The summed E-state index contributed by atoms with van der Waals surface area (Å²) in [6.07, 6.45) is 6.03. The lowest BCUT2D eigenvalue weighted by Gasteiger charge is -2.28. The van der Waals surface area contributed by atoms with Crippen LogP contribution in [0, 0.1) is 0 Å². The van der Waals surface area contributed by atoms with Gasteiger partial charge < -0.3 is 24.4 Å². The molecule has 0 bridgehead atoms. The molecule has 1 fully saturated rings. The maximum Gasteiger partial charge on any atom is 0.379 e. The summed E-state index contributed by atoms with van der Waals surface area (Å²) >= 11 is 1.04. The lowest BCUT2D eigenvalue weighted by Crippen LogP contribution is -2.31. The molecular formula is C24H25N7O6S. The van der Waals surface area contributed by atoms with Crippen molar-refractivity contribution in [2.45, 2.75) is 37.9 Å². The van der Waals surface area contributed by atoms with E-state index < -0.39 is 11.5 Å². The molecule has 198 valence electrons. The van der Waals surface area contributed by atoms with Crippen molar-refractivity contribution in [1.29, 1.82) is 0 Å². The fourth-order valence-electron chi connectivity index (χ4n) is 4.21. The highest BCUT2D eigenvalue weighted by atomic mass is 32.1. The van der Waals surface area contributed by atoms with Crippen molar-refractivity contribution in [2.24, 2.45) is 0 Å². The minimum atomic E-state index is -0.817. The fourth-order valence-corrected chi connectivity index (χ4v) is 4.93. The first-order chi connectivity index (χ1) is 18.5. The number of pyridine rings is 1. The van der Waals surface area contributed by atoms with E-state index in [9.17, 15) is 9.59 Å². The maximum atomic E-state index is 13.2. The smallest absolute Gasteiger partial charge is 0.379 e.